The number of ether oxygens (including phenoxy) is 1. The molecule has 33 heavy (non-hydrogen) atoms. The van der Waals surface area contributed by atoms with Gasteiger partial charge in [0.15, 0.2) is 11.5 Å². The minimum Gasteiger partial charge on any atom is -0.506 e. The van der Waals surface area contributed by atoms with Gasteiger partial charge in [0.2, 0.25) is 0 Å². The molecule has 0 saturated heterocycles. The van der Waals surface area contributed by atoms with Gasteiger partial charge in [0.25, 0.3) is 0 Å². The zero-order valence-corrected chi connectivity index (χ0v) is 19.1. The minimum atomic E-state index is 0.0717. The van der Waals surface area contributed by atoms with Crippen LogP contribution >= 0.6 is 0 Å². The Morgan fingerprint density at radius 3 is 1.79 bits per heavy atom. The van der Waals surface area contributed by atoms with Crippen LogP contribution in [0.1, 0.15) is 22.3 Å². The van der Waals surface area contributed by atoms with Gasteiger partial charge in [-0.25, -0.2) is 0 Å². The maximum absolute atomic E-state index is 10.7. The molecule has 0 aliphatic heterocycles. The summed E-state index contributed by atoms with van der Waals surface area (Å²) >= 11 is 0. The maximum atomic E-state index is 10.7. The highest BCUT2D eigenvalue weighted by atomic mass is 16.5. The average Bonchev–Trinajstić information content (AvgIpc) is 2.76. The summed E-state index contributed by atoms with van der Waals surface area (Å²) in [5, 5.41) is 31.8. The molecule has 0 aromatic heterocycles. The second kappa shape index (κ2) is 8.79. The smallest absolute Gasteiger partial charge is 0.171 e. The quantitative estimate of drug-likeness (QED) is 0.303. The van der Waals surface area contributed by atoms with Crippen LogP contribution in [0.2, 0.25) is 0 Å². The Labute approximate surface area is 193 Å². The summed E-state index contributed by atoms with van der Waals surface area (Å²) in [4.78, 5) is 1.79. The largest absolute Gasteiger partial charge is 0.506 e. The molecule has 0 atom stereocenters. The van der Waals surface area contributed by atoms with Crippen molar-refractivity contribution in [3.8, 4) is 28.7 Å². The number of rotatable bonds is 5. The number of aryl methyl sites for hydroxylation is 4. The lowest BCUT2D eigenvalue weighted by Crippen LogP contribution is -2.11. The maximum Gasteiger partial charge on any atom is 0.171 e. The number of anilines is 3. The number of hydrogen-bond acceptors (Lipinski definition) is 5. The van der Waals surface area contributed by atoms with Crippen molar-refractivity contribution in [2.75, 3.05) is 4.90 Å². The van der Waals surface area contributed by atoms with Crippen LogP contribution in [0.5, 0.6) is 28.7 Å². The van der Waals surface area contributed by atoms with E-state index in [0.717, 1.165) is 22.3 Å². The number of phenolic OH excluding ortho intramolecular Hbond substituents is 3. The van der Waals surface area contributed by atoms with Gasteiger partial charge in [-0.15, -0.1) is 0 Å². The summed E-state index contributed by atoms with van der Waals surface area (Å²) in [7, 11) is 0. The highest BCUT2D eigenvalue weighted by Gasteiger charge is 2.20. The fourth-order valence-electron chi connectivity index (χ4n) is 3.90. The van der Waals surface area contributed by atoms with Crippen molar-refractivity contribution in [1.29, 1.82) is 0 Å². The van der Waals surface area contributed by atoms with Crippen molar-refractivity contribution < 1.29 is 20.1 Å². The summed E-state index contributed by atoms with van der Waals surface area (Å²) < 4.78 is 6.06. The van der Waals surface area contributed by atoms with Gasteiger partial charge in [0, 0.05) is 6.07 Å². The standard InChI is InChI=1S/C28H27NO4/c1-17-8-10-25(30)23(13-17)29(24-14-18(2)9-11-26(24)31)21-6-5-7-22(16-21)33-28-20(4)12-19(3)15-27(28)32/h5-16,30-32H,1-4H3. The van der Waals surface area contributed by atoms with Crippen LogP contribution in [0.15, 0.2) is 72.8 Å². The zero-order valence-electron chi connectivity index (χ0n) is 19.1. The fourth-order valence-corrected chi connectivity index (χ4v) is 3.90. The Kier molecular flexibility index (Phi) is 5.88. The van der Waals surface area contributed by atoms with Crippen LogP contribution in [0.25, 0.3) is 0 Å². The normalized spacial score (nSPS) is 10.8. The number of hydrogen-bond donors (Lipinski definition) is 3. The molecule has 0 aliphatic rings. The summed E-state index contributed by atoms with van der Waals surface area (Å²) in [5.41, 5.74) is 5.44. The Morgan fingerprint density at radius 1 is 0.606 bits per heavy atom. The van der Waals surface area contributed by atoms with Gasteiger partial charge >= 0.3 is 0 Å². The zero-order chi connectivity index (χ0) is 23.7. The predicted octanol–water partition coefficient (Wildman–Crippen LogP) is 7.30. The van der Waals surface area contributed by atoms with Crippen LogP contribution in [-0.4, -0.2) is 15.3 Å². The van der Waals surface area contributed by atoms with Gasteiger partial charge < -0.3 is 25.0 Å². The molecule has 5 nitrogen and oxygen atoms in total. The third kappa shape index (κ3) is 4.58. The van der Waals surface area contributed by atoms with Gasteiger partial charge in [-0.05, 0) is 92.4 Å². The van der Waals surface area contributed by atoms with Crippen LogP contribution < -0.4 is 9.64 Å². The molecule has 5 heteroatoms. The highest BCUT2D eigenvalue weighted by molar-refractivity contribution is 5.83. The molecule has 0 radical (unpaired) electrons. The van der Waals surface area contributed by atoms with E-state index >= 15 is 0 Å². The van der Waals surface area contributed by atoms with Crippen LogP contribution in [0.4, 0.5) is 17.1 Å². The highest BCUT2D eigenvalue weighted by Crippen LogP contribution is 2.45. The third-order valence-corrected chi connectivity index (χ3v) is 5.44. The van der Waals surface area contributed by atoms with E-state index in [1.165, 1.54) is 0 Å². The van der Waals surface area contributed by atoms with Gasteiger partial charge in [0.05, 0.1) is 17.1 Å². The van der Waals surface area contributed by atoms with Crippen LogP contribution in [-0.2, 0) is 0 Å². The third-order valence-electron chi connectivity index (χ3n) is 5.44. The molecular formula is C28H27NO4. The first-order chi connectivity index (χ1) is 15.7. The van der Waals surface area contributed by atoms with Crippen molar-refractivity contribution in [1.82, 2.24) is 0 Å². The SMILES string of the molecule is Cc1cc(C)c(Oc2cccc(N(c3cc(C)ccc3O)c3cc(C)ccc3O)c2)c(O)c1. The van der Waals surface area contributed by atoms with Crippen molar-refractivity contribution >= 4 is 17.1 Å². The number of phenols is 3. The summed E-state index contributed by atoms with van der Waals surface area (Å²) in [6, 6.07) is 21.6. The first kappa shape index (κ1) is 22.1. The lowest BCUT2D eigenvalue weighted by atomic mass is 10.1. The molecule has 4 rings (SSSR count). The molecule has 0 spiro atoms. The summed E-state index contributed by atoms with van der Waals surface area (Å²) in [6.45, 7) is 7.69. The number of nitrogens with zero attached hydrogens (tertiary/aromatic N) is 1. The number of aromatic hydroxyl groups is 3. The molecule has 0 aliphatic carbocycles. The first-order valence-corrected chi connectivity index (χ1v) is 10.7. The average molecular weight is 442 g/mol. The van der Waals surface area contributed by atoms with Gasteiger partial charge in [-0.3, -0.25) is 0 Å². The van der Waals surface area contributed by atoms with E-state index in [2.05, 4.69) is 0 Å². The Balaban J connectivity index is 1.85. The van der Waals surface area contributed by atoms with Gasteiger partial charge in [-0.2, -0.15) is 0 Å². The predicted molar refractivity (Wildman–Crippen MR) is 132 cm³/mol. The van der Waals surface area contributed by atoms with Crippen molar-refractivity contribution in [2.24, 2.45) is 0 Å². The molecule has 0 amide bonds. The van der Waals surface area contributed by atoms with Crippen molar-refractivity contribution in [3.63, 3.8) is 0 Å². The lowest BCUT2D eigenvalue weighted by molar-refractivity contribution is 0.408. The van der Waals surface area contributed by atoms with E-state index in [1.807, 2.05) is 76.2 Å². The molecule has 0 unspecified atom stereocenters. The van der Waals surface area contributed by atoms with E-state index in [9.17, 15) is 15.3 Å². The fraction of sp³-hybridized carbons (Fsp3) is 0.143. The molecule has 0 bridgehead atoms. The summed E-state index contributed by atoms with van der Waals surface area (Å²) in [6.07, 6.45) is 0. The second-order valence-corrected chi connectivity index (χ2v) is 8.35. The second-order valence-electron chi connectivity index (χ2n) is 8.35. The molecule has 168 valence electrons. The van der Waals surface area contributed by atoms with Crippen LogP contribution in [0.3, 0.4) is 0 Å². The van der Waals surface area contributed by atoms with Crippen LogP contribution in [0, 0.1) is 27.7 Å². The molecule has 0 fully saturated rings. The molecular weight excluding hydrogens is 414 g/mol. The molecule has 3 N–H and O–H groups in total. The number of benzene rings is 4. The summed E-state index contributed by atoms with van der Waals surface area (Å²) in [5.74, 6) is 1.14. The minimum absolute atomic E-state index is 0.0717. The van der Waals surface area contributed by atoms with E-state index in [-0.39, 0.29) is 17.2 Å². The van der Waals surface area contributed by atoms with Gasteiger partial charge in [-0.1, -0.05) is 24.3 Å². The molecule has 0 saturated carbocycles. The van der Waals surface area contributed by atoms with E-state index in [1.54, 1.807) is 29.2 Å². The lowest BCUT2D eigenvalue weighted by Gasteiger charge is -2.27. The Hall–Kier alpha value is -4.12. The van der Waals surface area contributed by atoms with Crippen molar-refractivity contribution in [2.45, 2.75) is 27.7 Å². The van der Waals surface area contributed by atoms with E-state index in [4.69, 9.17) is 4.74 Å². The van der Waals surface area contributed by atoms with E-state index in [0.29, 0.717) is 28.6 Å². The first-order valence-electron chi connectivity index (χ1n) is 10.7. The van der Waals surface area contributed by atoms with Crippen molar-refractivity contribution in [3.05, 3.63) is 95.1 Å². The van der Waals surface area contributed by atoms with Gasteiger partial charge in [0.1, 0.15) is 17.2 Å². The topological polar surface area (TPSA) is 73.2 Å². The Bertz CT molecular complexity index is 1260. The Morgan fingerprint density at radius 2 is 1.21 bits per heavy atom. The molecule has 4 aromatic carbocycles. The molecule has 0 heterocycles. The monoisotopic (exact) mass is 441 g/mol. The molecule has 4 aromatic rings. The van der Waals surface area contributed by atoms with E-state index < -0.39 is 0 Å².